The standard InChI is InChI=1S/C14H22N2O3S/c1-14(2,3)10-6-7-16(9-10)20(18,19)11-4-5-13(17)12(15)8-11/h4-5,8,10,17H,6-7,9,15H2,1-3H3. The third-order valence-electron chi connectivity index (χ3n) is 4.01. The summed E-state index contributed by atoms with van der Waals surface area (Å²) < 4.78 is 26.6. The Morgan fingerprint density at radius 1 is 1.35 bits per heavy atom. The SMILES string of the molecule is CC(C)(C)C1CCN(S(=O)(=O)c2ccc(O)c(N)c2)C1. The molecular formula is C14H22N2O3S. The van der Waals surface area contributed by atoms with Gasteiger partial charge in [-0.15, -0.1) is 0 Å². The highest BCUT2D eigenvalue weighted by atomic mass is 32.2. The number of aromatic hydroxyl groups is 1. The van der Waals surface area contributed by atoms with Gasteiger partial charge in [0.05, 0.1) is 10.6 Å². The first-order chi connectivity index (χ1) is 9.12. The number of benzene rings is 1. The maximum atomic E-state index is 12.6. The topological polar surface area (TPSA) is 83.6 Å². The number of hydrogen-bond donors (Lipinski definition) is 2. The molecule has 1 aromatic rings. The largest absolute Gasteiger partial charge is 0.506 e. The van der Waals surface area contributed by atoms with Gasteiger partial charge in [0.15, 0.2) is 0 Å². The van der Waals surface area contributed by atoms with Crippen molar-refractivity contribution in [2.24, 2.45) is 11.3 Å². The van der Waals surface area contributed by atoms with Crippen molar-refractivity contribution in [2.45, 2.75) is 32.1 Å². The second kappa shape index (κ2) is 4.93. The Bertz CT molecular complexity index is 605. The fourth-order valence-corrected chi connectivity index (χ4v) is 4.03. The number of sulfonamides is 1. The lowest BCUT2D eigenvalue weighted by Crippen LogP contribution is -2.31. The molecule has 1 heterocycles. The highest BCUT2D eigenvalue weighted by Crippen LogP contribution is 2.36. The van der Waals surface area contributed by atoms with Gasteiger partial charge in [-0.1, -0.05) is 20.8 Å². The summed E-state index contributed by atoms with van der Waals surface area (Å²) in [4.78, 5) is 0.141. The van der Waals surface area contributed by atoms with Crippen molar-refractivity contribution < 1.29 is 13.5 Å². The molecule has 0 radical (unpaired) electrons. The minimum absolute atomic E-state index is 0.0812. The average Bonchev–Trinajstić information content (AvgIpc) is 2.82. The summed E-state index contributed by atoms with van der Waals surface area (Å²) in [5, 5.41) is 9.39. The van der Waals surface area contributed by atoms with Crippen LogP contribution in [0.15, 0.2) is 23.1 Å². The summed E-state index contributed by atoms with van der Waals surface area (Å²) in [7, 11) is -3.53. The molecule has 6 heteroatoms. The Kier molecular flexibility index (Phi) is 3.73. The van der Waals surface area contributed by atoms with Crippen molar-refractivity contribution in [3.8, 4) is 5.75 Å². The third kappa shape index (κ3) is 2.76. The first-order valence-electron chi connectivity index (χ1n) is 6.71. The Morgan fingerprint density at radius 3 is 2.50 bits per heavy atom. The van der Waals surface area contributed by atoms with Crippen molar-refractivity contribution >= 4 is 15.7 Å². The Labute approximate surface area is 120 Å². The molecule has 1 unspecified atom stereocenters. The minimum atomic E-state index is -3.53. The highest BCUT2D eigenvalue weighted by Gasteiger charge is 2.37. The van der Waals surface area contributed by atoms with Crippen LogP contribution in [0.2, 0.25) is 0 Å². The van der Waals surface area contributed by atoms with E-state index in [0.29, 0.717) is 19.0 Å². The molecule has 1 aromatic carbocycles. The predicted octanol–water partition coefficient (Wildman–Crippen LogP) is 2.03. The molecule has 0 saturated carbocycles. The molecule has 0 aromatic heterocycles. The van der Waals surface area contributed by atoms with E-state index in [2.05, 4.69) is 20.8 Å². The zero-order valence-electron chi connectivity index (χ0n) is 12.1. The summed E-state index contributed by atoms with van der Waals surface area (Å²) in [6, 6.07) is 4.03. The molecule has 0 spiro atoms. The molecule has 1 saturated heterocycles. The molecule has 20 heavy (non-hydrogen) atoms. The molecule has 2 rings (SSSR count). The number of nitrogen functional groups attached to an aromatic ring is 1. The first kappa shape index (κ1) is 15.1. The Morgan fingerprint density at radius 2 is 2.00 bits per heavy atom. The highest BCUT2D eigenvalue weighted by molar-refractivity contribution is 7.89. The van der Waals surface area contributed by atoms with E-state index in [0.717, 1.165) is 6.42 Å². The maximum Gasteiger partial charge on any atom is 0.243 e. The lowest BCUT2D eigenvalue weighted by Gasteiger charge is -2.26. The van der Waals surface area contributed by atoms with Gasteiger partial charge in [0.25, 0.3) is 0 Å². The molecule has 1 fully saturated rings. The zero-order chi connectivity index (χ0) is 15.1. The molecule has 0 amide bonds. The van der Waals surface area contributed by atoms with Gasteiger partial charge in [-0.3, -0.25) is 0 Å². The molecular weight excluding hydrogens is 276 g/mol. The van der Waals surface area contributed by atoms with E-state index in [-0.39, 0.29) is 21.7 Å². The van der Waals surface area contributed by atoms with E-state index < -0.39 is 10.0 Å². The van der Waals surface area contributed by atoms with E-state index in [4.69, 9.17) is 5.73 Å². The lowest BCUT2D eigenvalue weighted by molar-refractivity contribution is 0.252. The Balaban J connectivity index is 2.26. The summed E-state index contributed by atoms with van der Waals surface area (Å²) >= 11 is 0. The number of phenols is 1. The zero-order valence-corrected chi connectivity index (χ0v) is 12.9. The summed E-state index contributed by atoms with van der Waals surface area (Å²) in [6.45, 7) is 7.46. The van der Waals surface area contributed by atoms with E-state index in [1.807, 2.05) is 0 Å². The first-order valence-corrected chi connectivity index (χ1v) is 8.15. The monoisotopic (exact) mass is 298 g/mol. The minimum Gasteiger partial charge on any atom is -0.506 e. The van der Waals surface area contributed by atoms with Crippen LogP contribution in [0.1, 0.15) is 27.2 Å². The summed E-state index contributed by atoms with van der Waals surface area (Å²) in [5.74, 6) is 0.254. The van der Waals surface area contributed by atoms with Crippen molar-refractivity contribution in [3.05, 3.63) is 18.2 Å². The molecule has 5 nitrogen and oxygen atoms in total. The van der Waals surface area contributed by atoms with Gasteiger partial charge < -0.3 is 10.8 Å². The van der Waals surface area contributed by atoms with Crippen LogP contribution in [0.25, 0.3) is 0 Å². The van der Waals surface area contributed by atoms with Gasteiger partial charge >= 0.3 is 0 Å². The van der Waals surface area contributed by atoms with E-state index in [1.54, 1.807) is 0 Å². The number of nitrogens with two attached hydrogens (primary N) is 1. The van der Waals surface area contributed by atoms with Gasteiger partial charge in [-0.05, 0) is 36.0 Å². The van der Waals surface area contributed by atoms with Gasteiger partial charge in [-0.2, -0.15) is 4.31 Å². The molecule has 0 aliphatic carbocycles. The normalized spacial score (nSPS) is 21.2. The van der Waals surface area contributed by atoms with Gasteiger partial charge in [0.2, 0.25) is 10.0 Å². The lowest BCUT2D eigenvalue weighted by atomic mass is 9.80. The molecule has 1 aliphatic rings. The van der Waals surface area contributed by atoms with E-state index in [1.165, 1.54) is 22.5 Å². The van der Waals surface area contributed by atoms with Gasteiger partial charge in [-0.25, -0.2) is 8.42 Å². The average molecular weight is 298 g/mol. The van der Waals surface area contributed by atoms with Crippen LogP contribution >= 0.6 is 0 Å². The van der Waals surface area contributed by atoms with Gasteiger partial charge in [0.1, 0.15) is 5.75 Å². The van der Waals surface area contributed by atoms with Crippen molar-refractivity contribution in [2.75, 3.05) is 18.8 Å². The van der Waals surface area contributed by atoms with Crippen LogP contribution in [0.5, 0.6) is 5.75 Å². The summed E-state index contributed by atoms with van der Waals surface area (Å²) in [5.41, 5.74) is 5.76. The molecule has 112 valence electrons. The fraction of sp³-hybridized carbons (Fsp3) is 0.571. The van der Waals surface area contributed by atoms with Crippen LogP contribution in [0, 0.1) is 11.3 Å². The second-order valence-electron chi connectivity index (χ2n) is 6.44. The van der Waals surface area contributed by atoms with Gasteiger partial charge in [0, 0.05) is 13.1 Å². The molecule has 1 atom stereocenters. The van der Waals surface area contributed by atoms with Crippen LogP contribution in [-0.2, 0) is 10.0 Å². The van der Waals surface area contributed by atoms with Crippen molar-refractivity contribution in [1.82, 2.24) is 4.31 Å². The molecule has 3 N–H and O–H groups in total. The van der Waals surface area contributed by atoms with E-state index >= 15 is 0 Å². The quantitative estimate of drug-likeness (QED) is 0.646. The molecule has 0 bridgehead atoms. The predicted molar refractivity (Wildman–Crippen MR) is 78.8 cm³/mol. The number of nitrogens with zero attached hydrogens (tertiary/aromatic N) is 1. The third-order valence-corrected chi connectivity index (χ3v) is 5.87. The Hall–Kier alpha value is -1.27. The van der Waals surface area contributed by atoms with Crippen LogP contribution in [0.3, 0.4) is 0 Å². The van der Waals surface area contributed by atoms with Crippen molar-refractivity contribution in [1.29, 1.82) is 0 Å². The van der Waals surface area contributed by atoms with Crippen LogP contribution in [0.4, 0.5) is 5.69 Å². The number of hydrogen-bond acceptors (Lipinski definition) is 4. The second-order valence-corrected chi connectivity index (χ2v) is 8.37. The maximum absolute atomic E-state index is 12.6. The number of rotatable bonds is 2. The fourth-order valence-electron chi connectivity index (χ4n) is 2.50. The number of anilines is 1. The van der Waals surface area contributed by atoms with Crippen molar-refractivity contribution in [3.63, 3.8) is 0 Å². The molecule has 1 aliphatic heterocycles. The van der Waals surface area contributed by atoms with Crippen LogP contribution in [-0.4, -0.2) is 30.9 Å². The smallest absolute Gasteiger partial charge is 0.243 e. The van der Waals surface area contributed by atoms with E-state index in [9.17, 15) is 13.5 Å². The number of phenolic OH excluding ortho intramolecular Hbond substituents is 1. The summed E-state index contributed by atoms with van der Waals surface area (Å²) in [6.07, 6.45) is 0.871. The van der Waals surface area contributed by atoms with Crippen LogP contribution < -0.4 is 5.73 Å².